The van der Waals surface area contributed by atoms with Crippen molar-refractivity contribution in [2.75, 3.05) is 7.11 Å². The molecule has 0 N–H and O–H groups in total. The van der Waals surface area contributed by atoms with Gasteiger partial charge in [0.1, 0.15) is 5.52 Å². The van der Waals surface area contributed by atoms with E-state index in [1.54, 1.807) is 18.2 Å². The Balaban J connectivity index is 1.80. The number of ether oxygens (including phenoxy) is 1. The molecule has 140 valence electrons. The van der Waals surface area contributed by atoms with Crippen LogP contribution in [0.1, 0.15) is 0 Å². The van der Waals surface area contributed by atoms with Crippen LogP contribution in [0.2, 0.25) is 10.0 Å². The topological polar surface area (TPSA) is 78.4 Å². The fraction of sp³-hybridized carbons (Fsp3) is 0.0500. The minimum absolute atomic E-state index is 0.159. The Morgan fingerprint density at radius 3 is 2.61 bits per heavy atom. The number of hydrogen-bond donors (Lipinski definition) is 0. The first kappa shape index (κ1) is 18.3. The first-order valence-corrected chi connectivity index (χ1v) is 8.91. The molecule has 0 fully saturated rings. The zero-order valence-corrected chi connectivity index (χ0v) is 16.0. The molecule has 0 aliphatic rings. The van der Waals surface area contributed by atoms with Crippen LogP contribution in [0.5, 0.6) is 5.75 Å². The number of nitro benzene ring substituents is 1. The van der Waals surface area contributed by atoms with E-state index in [1.165, 1.54) is 19.2 Å². The number of nitro groups is 1. The molecule has 0 radical (unpaired) electrons. The monoisotopic (exact) mass is 414 g/mol. The SMILES string of the molecule is COc1ccc(-c2nc3cc(-c4cccc(Cl)c4Cl)ccc3o2)cc1[N+](=O)[O-]. The molecule has 0 spiro atoms. The molecule has 0 saturated heterocycles. The summed E-state index contributed by atoms with van der Waals surface area (Å²) in [4.78, 5) is 15.2. The maximum atomic E-state index is 11.2. The molecule has 0 atom stereocenters. The number of nitrogens with zero attached hydrogens (tertiary/aromatic N) is 2. The van der Waals surface area contributed by atoms with Gasteiger partial charge in [-0.05, 0) is 35.9 Å². The Morgan fingerprint density at radius 1 is 1.07 bits per heavy atom. The predicted molar refractivity (Wildman–Crippen MR) is 108 cm³/mol. The van der Waals surface area contributed by atoms with Crippen molar-refractivity contribution in [2.45, 2.75) is 0 Å². The van der Waals surface area contributed by atoms with Crippen molar-refractivity contribution in [3.63, 3.8) is 0 Å². The molecule has 4 rings (SSSR count). The summed E-state index contributed by atoms with van der Waals surface area (Å²) in [5.74, 6) is 0.442. The average molecular weight is 415 g/mol. The summed E-state index contributed by atoms with van der Waals surface area (Å²) in [5, 5.41) is 12.2. The Labute approximate surface area is 169 Å². The standard InChI is InChI=1S/C20H12Cl2N2O4/c1-27-18-8-6-12(10-16(18)24(25)26)20-23-15-9-11(5-7-17(15)28-20)13-3-2-4-14(21)19(13)22/h2-10H,1H3. The largest absolute Gasteiger partial charge is 0.490 e. The van der Waals surface area contributed by atoms with E-state index < -0.39 is 4.92 Å². The molecule has 0 aliphatic carbocycles. The van der Waals surface area contributed by atoms with Gasteiger partial charge in [-0.2, -0.15) is 0 Å². The third-order valence-corrected chi connectivity index (χ3v) is 5.09. The van der Waals surface area contributed by atoms with Crippen molar-refractivity contribution in [3.8, 4) is 28.3 Å². The van der Waals surface area contributed by atoms with E-state index in [9.17, 15) is 10.1 Å². The van der Waals surface area contributed by atoms with Crippen LogP contribution in [0.15, 0.2) is 59.0 Å². The zero-order valence-electron chi connectivity index (χ0n) is 14.5. The average Bonchev–Trinajstić information content (AvgIpc) is 3.12. The molecule has 0 aliphatic heterocycles. The second-order valence-electron chi connectivity index (χ2n) is 5.95. The number of methoxy groups -OCH3 is 1. The maximum absolute atomic E-state index is 11.2. The molecule has 3 aromatic carbocycles. The van der Waals surface area contributed by atoms with E-state index in [-0.39, 0.29) is 17.3 Å². The minimum atomic E-state index is -0.510. The van der Waals surface area contributed by atoms with Crippen LogP contribution in [-0.4, -0.2) is 17.0 Å². The summed E-state index contributed by atoms with van der Waals surface area (Å²) in [7, 11) is 1.38. The zero-order chi connectivity index (χ0) is 19.8. The van der Waals surface area contributed by atoms with E-state index in [4.69, 9.17) is 32.4 Å². The lowest BCUT2D eigenvalue weighted by atomic mass is 10.1. The molecule has 28 heavy (non-hydrogen) atoms. The first-order chi connectivity index (χ1) is 13.5. The Morgan fingerprint density at radius 2 is 1.86 bits per heavy atom. The summed E-state index contributed by atoms with van der Waals surface area (Å²) in [6.07, 6.45) is 0. The lowest BCUT2D eigenvalue weighted by Crippen LogP contribution is -1.94. The van der Waals surface area contributed by atoms with Crippen molar-refractivity contribution in [2.24, 2.45) is 0 Å². The second kappa shape index (κ2) is 7.14. The minimum Gasteiger partial charge on any atom is -0.490 e. The van der Waals surface area contributed by atoms with Crippen LogP contribution < -0.4 is 4.74 Å². The van der Waals surface area contributed by atoms with Crippen LogP contribution >= 0.6 is 23.2 Å². The van der Waals surface area contributed by atoms with Crippen molar-refractivity contribution in [3.05, 3.63) is 74.8 Å². The first-order valence-electron chi connectivity index (χ1n) is 8.15. The van der Waals surface area contributed by atoms with Gasteiger partial charge >= 0.3 is 5.69 Å². The number of oxazole rings is 1. The normalized spacial score (nSPS) is 11.0. The van der Waals surface area contributed by atoms with Gasteiger partial charge in [0.05, 0.1) is 22.1 Å². The summed E-state index contributed by atoms with van der Waals surface area (Å²) < 4.78 is 10.8. The second-order valence-corrected chi connectivity index (χ2v) is 6.73. The van der Waals surface area contributed by atoms with Gasteiger partial charge in [0.25, 0.3) is 0 Å². The third kappa shape index (κ3) is 3.17. The molecule has 1 aromatic heterocycles. The molecule has 4 aromatic rings. The van der Waals surface area contributed by atoms with E-state index in [0.29, 0.717) is 26.7 Å². The smallest absolute Gasteiger partial charge is 0.311 e. The third-order valence-electron chi connectivity index (χ3n) is 4.27. The molecular formula is C20H12Cl2N2O4. The Bertz CT molecular complexity index is 1220. The molecule has 6 nitrogen and oxygen atoms in total. The molecule has 0 amide bonds. The van der Waals surface area contributed by atoms with Gasteiger partial charge in [0.15, 0.2) is 11.3 Å². The number of benzene rings is 3. The lowest BCUT2D eigenvalue weighted by Gasteiger charge is -2.05. The maximum Gasteiger partial charge on any atom is 0.311 e. The molecular weight excluding hydrogens is 403 g/mol. The van der Waals surface area contributed by atoms with Crippen LogP contribution in [0.3, 0.4) is 0 Å². The van der Waals surface area contributed by atoms with Crippen molar-refractivity contribution in [1.29, 1.82) is 0 Å². The number of aromatic nitrogens is 1. The van der Waals surface area contributed by atoms with E-state index >= 15 is 0 Å². The summed E-state index contributed by atoms with van der Waals surface area (Å²) in [6.45, 7) is 0. The number of fused-ring (bicyclic) bond motifs is 1. The molecule has 8 heteroatoms. The van der Waals surface area contributed by atoms with Crippen LogP contribution in [0.4, 0.5) is 5.69 Å². The molecule has 0 bridgehead atoms. The quantitative estimate of drug-likeness (QED) is 0.285. The number of rotatable bonds is 4. The van der Waals surface area contributed by atoms with Crippen LogP contribution in [-0.2, 0) is 0 Å². The highest BCUT2D eigenvalue weighted by molar-refractivity contribution is 6.43. The molecule has 1 heterocycles. The van der Waals surface area contributed by atoms with Crippen LogP contribution in [0, 0.1) is 10.1 Å². The van der Waals surface area contributed by atoms with Gasteiger partial charge in [-0.25, -0.2) is 4.98 Å². The van der Waals surface area contributed by atoms with Gasteiger partial charge in [0, 0.05) is 17.2 Å². The summed E-state index contributed by atoms with van der Waals surface area (Å²) >= 11 is 12.4. The van der Waals surface area contributed by atoms with Gasteiger partial charge in [-0.1, -0.05) is 41.4 Å². The summed E-state index contributed by atoms with van der Waals surface area (Å²) in [5.41, 5.74) is 3.08. The molecule has 0 unspecified atom stereocenters. The van der Waals surface area contributed by atoms with Gasteiger partial charge in [-0.3, -0.25) is 10.1 Å². The van der Waals surface area contributed by atoms with Gasteiger partial charge in [-0.15, -0.1) is 0 Å². The highest BCUT2D eigenvalue weighted by atomic mass is 35.5. The highest BCUT2D eigenvalue weighted by Crippen LogP contribution is 2.36. The van der Waals surface area contributed by atoms with Crippen molar-refractivity contribution in [1.82, 2.24) is 4.98 Å². The number of halogens is 2. The predicted octanol–water partition coefficient (Wildman–Crippen LogP) is 6.39. The van der Waals surface area contributed by atoms with Crippen LogP contribution in [0.25, 0.3) is 33.7 Å². The van der Waals surface area contributed by atoms with E-state index in [2.05, 4.69) is 4.98 Å². The lowest BCUT2D eigenvalue weighted by molar-refractivity contribution is -0.385. The Hall–Kier alpha value is -3.09. The van der Waals surface area contributed by atoms with E-state index in [0.717, 1.165) is 11.1 Å². The fourth-order valence-electron chi connectivity index (χ4n) is 2.91. The van der Waals surface area contributed by atoms with Gasteiger partial charge < -0.3 is 9.15 Å². The van der Waals surface area contributed by atoms with E-state index in [1.807, 2.05) is 24.3 Å². The molecule has 0 saturated carbocycles. The van der Waals surface area contributed by atoms with Gasteiger partial charge in [0.2, 0.25) is 5.89 Å². The van der Waals surface area contributed by atoms with Crippen molar-refractivity contribution >= 4 is 40.0 Å². The number of hydrogen-bond acceptors (Lipinski definition) is 5. The van der Waals surface area contributed by atoms with Crippen molar-refractivity contribution < 1.29 is 14.1 Å². The Kier molecular flexibility index (Phi) is 4.66. The fourth-order valence-corrected chi connectivity index (χ4v) is 3.32. The highest BCUT2D eigenvalue weighted by Gasteiger charge is 2.18. The summed E-state index contributed by atoms with van der Waals surface area (Å²) in [6, 6.07) is 15.4.